The van der Waals surface area contributed by atoms with Crippen LogP contribution in [0, 0.1) is 0 Å². The largest absolute Gasteiger partial charge is 0.323 e. The zero-order valence-electron chi connectivity index (χ0n) is 9.04. The molecular formula is C14H15NS. The Morgan fingerprint density at radius 1 is 0.875 bits per heavy atom. The Labute approximate surface area is 101 Å². The van der Waals surface area contributed by atoms with Gasteiger partial charge in [-0.25, -0.2) is 0 Å². The van der Waals surface area contributed by atoms with Crippen LogP contribution in [0.3, 0.4) is 0 Å². The van der Waals surface area contributed by atoms with Crippen LogP contribution in [0.2, 0.25) is 0 Å². The molecule has 0 fully saturated rings. The van der Waals surface area contributed by atoms with Crippen LogP contribution in [0.1, 0.15) is 11.6 Å². The number of hydrogen-bond acceptors (Lipinski definition) is 2. The van der Waals surface area contributed by atoms with Crippen molar-refractivity contribution in [3.05, 3.63) is 66.2 Å². The summed E-state index contributed by atoms with van der Waals surface area (Å²) in [7, 11) is 0. The first-order valence-electron chi connectivity index (χ1n) is 5.34. The van der Waals surface area contributed by atoms with Gasteiger partial charge >= 0.3 is 0 Å². The molecule has 0 radical (unpaired) electrons. The molecule has 82 valence electrons. The summed E-state index contributed by atoms with van der Waals surface area (Å²) >= 11 is 1.80. The highest BCUT2D eigenvalue weighted by Gasteiger charge is 2.05. The maximum Gasteiger partial charge on any atom is 0.0390 e. The zero-order valence-corrected chi connectivity index (χ0v) is 9.86. The van der Waals surface area contributed by atoms with Gasteiger partial charge in [-0.05, 0) is 17.7 Å². The SMILES string of the molecule is NC(CSc1ccccc1)c1ccccc1. The molecule has 0 aromatic heterocycles. The first-order chi connectivity index (χ1) is 7.86. The Morgan fingerprint density at radius 2 is 1.44 bits per heavy atom. The highest BCUT2D eigenvalue weighted by Crippen LogP contribution is 2.22. The van der Waals surface area contributed by atoms with Gasteiger partial charge in [-0.2, -0.15) is 0 Å². The van der Waals surface area contributed by atoms with E-state index in [0.29, 0.717) is 0 Å². The average Bonchev–Trinajstić information content (AvgIpc) is 2.38. The maximum atomic E-state index is 6.12. The van der Waals surface area contributed by atoms with Gasteiger partial charge in [-0.15, -0.1) is 11.8 Å². The fraction of sp³-hybridized carbons (Fsp3) is 0.143. The highest BCUT2D eigenvalue weighted by atomic mass is 32.2. The smallest absolute Gasteiger partial charge is 0.0390 e. The number of thioether (sulfide) groups is 1. The summed E-state index contributed by atoms with van der Waals surface area (Å²) in [5, 5.41) is 0. The van der Waals surface area contributed by atoms with Crippen molar-refractivity contribution >= 4 is 11.8 Å². The summed E-state index contributed by atoms with van der Waals surface area (Å²) in [4.78, 5) is 1.27. The molecule has 2 rings (SSSR count). The van der Waals surface area contributed by atoms with Crippen LogP contribution in [0.15, 0.2) is 65.6 Å². The van der Waals surface area contributed by atoms with E-state index >= 15 is 0 Å². The fourth-order valence-electron chi connectivity index (χ4n) is 1.50. The molecule has 2 aromatic carbocycles. The second-order valence-electron chi connectivity index (χ2n) is 3.64. The summed E-state index contributed by atoms with van der Waals surface area (Å²) in [6.45, 7) is 0. The normalized spacial score (nSPS) is 12.3. The quantitative estimate of drug-likeness (QED) is 0.812. The van der Waals surface area contributed by atoms with Gasteiger partial charge in [-0.3, -0.25) is 0 Å². The number of rotatable bonds is 4. The van der Waals surface area contributed by atoms with E-state index in [4.69, 9.17) is 5.73 Å². The first-order valence-corrected chi connectivity index (χ1v) is 6.33. The Kier molecular flexibility index (Phi) is 4.03. The lowest BCUT2D eigenvalue weighted by molar-refractivity contribution is 0.831. The van der Waals surface area contributed by atoms with Gasteiger partial charge in [0.25, 0.3) is 0 Å². The lowest BCUT2D eigenvalue weighted by atomic mass is 10.1. The van der Waals surface area contributed by atoms with E-state index in [-0.39, 0.29) is 6.04 Å². The average molecular weight is 229 g/mol. The molecule has 0 saturated heterocycles. The van der Waals surface area contributed by atoms with E-state index in [2.05, 4.69) is 36.4 Å². The van der Waals surface area contributed by atoms with Crippen molar-refractivity contribution in [2.75, 3.05) is 5.75 Å². The predicted octanol–water partition coefficient (Wildman–Crippen LogP) is 3.48. The van der Waals surface area contributed by atoms with Crippen molar-refractivity contribution in [2.24, 2.45) is 5.73 Å². The molecule has 2 N–H and O–H groups in total. The van der Waals surface area contributed by atoms with Crippen LogP contribution < -0.4 is 5.73 Å². The number of nitrogens with two attached hydrogens (primary N) is 1. The minimum atomic E-state index is 0.103. The lowest BCUT2D eigenvalue weighted by Gasteiger charge is -2.11. The van der Waals surface area contributed by atoms with Crippen LogP contribution >= 0.6 is 11.8 Å². The van der Waals surface area contributed by atoms with E-state index in [1.807, 2.05) is 24.3 Å². The van der Waals surface area contributed by atoms with Gasteiger partial charge in [0.15, 0.2) is 0 Å². The number of hydrogen-bond donors (Lipinski definition) is 1. The van der Waals surface area contributed by atoms with Gasteiger partial charge in [0.1, 0.15) is 0 Å². The van der Waals surface area contributed by atoms with Crippen molar-refractivity contribution in [1.82, 2.24) is 0 Å². The monoisotopic (exact) mass is 229 g/mol. The van der Waals surface area contributed by atoms with Crippen molar-refractivity contribution < 1.29 is 0 Å². The standard InChI is InChI=1S/C14H15NS/c15-14(12-7-3-1-4-8-12)11-16-13-9-5-2-6-10-13/h1-10,14H,11,15H2. The van der Waals surface area contributed by atoms with Gasteiger partial charge in [0.2, 0.25) is 0 Å². The van der Waals surface area contributed by atoms with Crippen LogP contribution in [0.4, 0.5) is 0 Å². The molecule has 1 unspecified atom stereocenters. The Balaban J connectivity index is 1.92. The first kappa shape index (κ1) is 11.2. The third-order valence-corrected chi connectivity index (χ3v) is 3.53. The molecular weight excluding hydrogens is 214 g/mol. The molecule has 1 nitrogen and oxygen atoms in total. The van der Waals surface area contributed by atoms with Crippen LogP contribution in [0.25, 0.3) is 0 Å². The van der Waals surface area contributed by atoms with Gasteiger partial charge < -0.3 is 5.73 Å². The molecule has 16 heavy (non-hydrogen) atoms. The summed E-state index contributed by atoms with van der Waals surface area (Å²) in [5.41, 5.74) is 7.32. The molecule has 0 heterocycles. The molecule has 0 aliphatic rings. The minimum Gasteiger partial charge on any atom is -0.323 e. The van der Waals surface area contributed by atoms with Gasteiger partial charge in [0.05, 0.1) is 0 Å². The van der Waals surface area contributed by atoms with Crippen molar-refractivity contribution in [1.29, 1.82) is 0 Å². The molecule has 0 spiro atoms. The third-order valence-electron chi connectivity index (χ3n) is 2.40. The van der Waals surface area contributed by atoms with Gasteiger partial charge in [-0.1, -0.05) is 48.5 Å². The second-order valence-corrected chi connectivity index (χ2v) is 4.73. The molecule has 0 aliphatic carbocycles. The van der Waals surface area contributed by atoms with Crippen LogP contribution in [-0.4, -0.2) is 5.75 Å². The van der Waals surface area contributed by atoms with E-state index in [1.54, 1.807) is 11.8 Å². The lowest BCUT2D eigenvalue weighted by Crippen LogP contribution is -2.12. The number of benzene rings is 2. The maximum absolute atomic E-state index is 6.12. The third kappa shape index (κ3) is 3.12. The van der Waals surface area contributed by atoms with E-state index < -0.39 is 0 Å². The molecule has 2 heteroatoms. The second kappa shape index (κ2) is 5.73. The molecule has 0 saturated carbocycles. The van der Waals surface area contributed by atoms with Crippen molar-refractivity contribution in [2.45, 2.75) is 10.9 Å². The van der Waals surface area contributed by atoms with Gasteiger partial charge in [0, 0.05) is 16.7 Å². The van der Waals surface area contributed by atoms with E-state index in [9.17, 15) is 0 Å². The highest BCUT2D eigenvalue weighted by molar-refractivity contribution is 7.99. The summed E-state index contributed by atoms with van der Waals surface area (Å²) in [6, 6.07) is 20.7. The van der Waals surface area contributed by atoms with Crippen LogP contribution in [-0.2, 0) is 0 Å². The fourth-order valence-corrected chi connectivity index (χ4v) is 2.41. The Bertz CT molecular complexity index is 413. The summed E-state index contributed by atoms with van der Waals surface area (Å²) in [6.07, 6.45) is 0. The minimum absolute atomic E-state index is 0.103. The molecule has 2 aromatic rings. The molecule has 1 atom stereocenters. The summed E-state index contributed by atoms with van der Waals surface area (Å²) in [5.74, 6) is 0.911. The molecule has 0 bridgehead atoms. The zero-order chi connectivity index (χ0) is 11.2. The molecule has 0 aliphatic heterocycles. The van der Waals surface area contributed by atoms with E-state index in [0.717, 1.165) is 5.75 Å². The Hall–Kier alpha value is -1.25. The van der Waals surface area contributed by atoms with Crippen molar-refractivity contribution in [3.8, 4) is 0 Å². The topological polar surface area (TPSA) is 26.0 Å². The Morgan fingerprint density at radius 3 is 2.06 bits per heavy atom. The predicted molar refractivity (Wildman–Crippen MR) is 70.5 cm³/mol. The molecule has 0 amide bonds. The van der Waals surface area contributed by atoms with E-state index in [1.165, 1.54) is 10.5 Å². The van der Waals surface area contributed by atoms with Crippen molar-refractivity contribution in [3.63, 3.8) is 0 Å². The van der Waals surface area contributed by atoms with Crippen LogP contribution in [0.5, 0.6) is 0 Å². The summed E-state index contributed by atoms with van der Waals surface area (Å²) < 4.78 is 0.